The molecule has 10 heteroatoms. The lowest BCUT2D eigenvalue weighted by Crippen LogP contribution is -2.31. The number of aldehydes is 1. The van der Waals surface area contributed by atoms with Crippen LogP contribution in [-0.4, -0.2) is 50.5 Å². The Morgan fingerprint density at radius 1 is 1.26 bits per heavy atom. The minimum Gasteiger partial charge on any atom is -0.325 e. The number of amides is 1. The van der Waals surface area contributed by atoms with Gasteiger partial charge in [-0.2, -0.15) is 13.2 Å². The molecule has 3 rings (SSSR count). The number of hydrogen-bond acceptors (Lipinski definition) is 4. The van der Waals surface area contributed by atoms with Crippen molar-refractivity contribution in [1.29, 1.82) is 0 Å². The molecule has 0 fully saturated rings. The minimum absolute atomic E-state index is 0.0631. The Morgan fingerprint density at radius 3 is 2.55 bits per heavy atom. The summed E-state index contributed by atoms with van der Waals surface area (Å²) in [6.07, 6.45) is -5.70. The topological polar surface area (TPSA) is 61.4 Å². The van der Waals surface area contributed by atoms with Gasteiger partial charge >= 0.3 is 6.18 Å². The van der Waals surface area contributed by atoms with E-state index in [1.165, 1.54) is 0 Å². The number of carbonyl (C=O) groups is 2. The van der Waals surface area contributed by atoms with Crippen LogP contribution < -0.4 is 10.6 Å². The first-order valence-corrected chi connectivity index (χ1v) is 10.0. The summed E-state index contributed by atoms with van der Waals surface area (Å²) >= 11 is 12.7. The number of anilines is 1. The van der Waals surface area contributed by atoms with Gasteiger partial charge in [-0.15, -0.1) is 0 Å². The zero-order valence-electron chi connectivity index (χ0n) is 16.9. The molecule has 0 saturated carbocycles. The summed E-state index contributed by atoms with van der Waals surface area (Å²) in [7, 11) is 3.83. The van der Waals surface area contributed by atoms with Crippen LogP contribution in [0.4, 0.5) is 18.9 Å². The lowest BCUT2D eigenvalue weighted by molar-refractivity contribution is -0.156. The van der Waals surface area contributed by atoms with E-state index in [0.717, 1.165) is 35.5 Å². The highest BCUT2D eigenvalue weighted by atomic mass is 35.5. The van der Waals surface area contributed by atoms with E-state index >= 15 is 0 Å². The summed E-state index contributed by atoms with van der Waals surface area (Å²) in [6.45, 7) is 1.96. The Morgan fingerprint density at radius 2 is 1.94 bits per heavy atom. The van der Waals surface area contributed by atoms with Gasteiger partial charge in [0.2, 0.25) is 12.2 Å². The van der Waals surface area contributed by atoms with Crippen LogP contribution in [0.2, 0.25) is 10.0 Å². The molecule has 0 radical (unpaired) electrons. The average Bonchev–Trinajstić information content (AvgIpc) is 2.68. The molecule has 31 heavy (non-hydrogen) atoms. The van der Waals surface area contributed by atoms with E-state index in [1.807, 2.05) is 24.3 Å². The van der Waals surface area contributed by atoms with Gasteiger partial charge in [-0.1, -0.05) is 35.3 Å². The number of likely N-dealkylation sites (N-methyl/N-ethyl adjacent to an activating group) is 2. The van der Waals surface area contributed by atoms with Crippen molar-refractivity contribution in [3.05, 3.63) is 63.1 Å². The molecule has 1 unspecified atom stereocenters. The third kappa shape index (κ3) is 7.50. The summed E-state index contributed by atoms with van der Waals surface area (Å²) in [5.74, 6) is 0.0954. The van der Waals surface area contributed by atoms with E-state index in [1.54, 1.807) is 13.1 Å². The van der Waals surface area contributed by atoms with Crippen LogP contribution in [0.15, 0.2) is 36.4 Å². The Labute approximate surface area is 188 Å². The van der Waals surface area contributed by atoms with Gasteiger partial charge in [0.25, 0.3) is 0 Å². The second-order valence-electron chi connectivity index (χ2n) is 7.07. The maximum Gasteiger partial charge on any atom is 0.446 e. The Bertz CT molecular complexity index is 939. The Balaban J connectivity index is 0.000000501. The minimum atomic E-state index is -4.64. The molecule has 0 aromatic heterocycles. The summed E-state index contributed by atoms with van der Waals surface area (Å²) in [4.78, 5) is 22.8. The predicted molar refractivity (Wildman–Crippen MR) is 116 cm³/mol. The molecule has 0 spiro atoms. The second kappa shape index (κ2) is 10.9. The molecule has 1 heterocycles. The van der Waals surface area contributed by atoms with E-state index in [0.29, 0.717) is 10.0 Å². The van der Waals surface area contributed by atoms with Gasteiger partial charge in [0.15, 0.2) is 0 Å². The van der Waals surface area contributed by atoms with E-state index in [4.69, 9.17) is 28.0 Å². The van der Waals surface area contributed by atoms with Crippen LogP contribution in [-0.2, 0) is 16.1 Å². The van der Waals surface area contributed by atoms with Crippen molar-refractivity contribution >= 4 is 41.1 Å². The van der Waals surface area contributed by atoms with Gasteiger partial charge in [0, 0.05) is 34.7 Å². The number of alkyl halides is 3. The highest BCUT2D eigenvalue weighted by Gasteiger charge is 2.27. The van der Waals surface area contributed by atoms with Crippen LogP contribution in [0.1, 0.15) is 22.6 Å². The van der Waals surface area contributed by atoms with Crippen molar-refractivity contribution in [3.63, 3.8) is 0 Å². The third-order valence-electron chi connectivity index (χ3n) is 4.54. The molecule has 2 N–H and O–H groups in total. The molecule has 2 aromatic rings. The standard InChI is InChI=1S/C19H21Cl2N3O.C2HF3O/c1-22-9-19(25)23-14-5-3-4-12(6-14)16-10-24(2)11-17-15(16)7-13(20)8-18(17)21;3-2(4,5)1-6/h3-8,16,22H,9-11H2,1-2H3,(H,23,25);1H. The smallest absolute Gasteiger partial charge is 0.325 e. The molecule has 0 aliphatic carbocycles. The molecule has 5 nitrogen and oxygen atoms in total. The van der Waals surface area contributed by atoms with Crippen molar-refractivity contribution in [1.82, 2.24) is 10.2 Å². The maximum absolute atomic E-state index is 11.8. The third-order valence-corrected chi connectivity index (χ3v) is 5.09. The first-order chi connectivity index (χ1) is 14.5. The summed E-state index contributed by atoms with van der Waals surface area (Å²) in [5.41, 5.74) is 4.21. The van der Waals surface area contributed by atoms with E-state index in [9.17, 15) is 18.0 Å². The van der Waals surface area contributed by atoms with Crippen LogP contribution in [0.3, 0.4) is 0 Å². The van der Waals surface area contributed by atoms with E-state index < -0.39 is 12.5 Å². The lowest BCUT2D eigenvalue weighted by atomic mass is 9.84. The van der Waals surface area contributed by atoms with Gasteiger partial charge in [-0.25, -0.2) is 0 Å². The fourth-order valence-electron chi connectivity index (χ4n) is 3.33. The number of halogens is 5. The molecule has 1 aliphatic rings. The van der Waals surface area contributed by atoms with Crippen LogP contribution in [0.25, 0.3) is 0 Å². The predicted octanol–water partition coefficient (Wildman–Crippen LogP) is 4.48. The van der Waals surface area contributed by atoms with Crippen molar-refractivity contribution in [3.8, 4) is 0 Å². The number of nitrogens with one attached hydrogen (secondary N) is 2. The van der Waals surface area contributed by atoms with Crippen molar-refractivity contribution in [2.24, 2.45) is 0 Å². The Kier molecular flexibility index (Phi) is 8.88. The molecule has 168 valence electrons. The fourth-order valence-corrected chi connectivity index (χ4v) is 3.90. The van der Waals surface area contributed by atoms with Gasteiger partial charge in [0.1, 0.15) is 0 Å². The van der Waals surface area contributed by atoms with Gasteiger partial charge in [-0.05, 0) is 55.1 Å². The van der Waals surface area contributed by atoms with E-state index in [2.05, 4.69) is 28.6 Å². The molecule has 0 bridgehead atoms. The number of fused-ring (bicyclic) bond motifs is 1. The molecule has 0 saturated heterocycles. The second-order valence-corrected chi connectivity index (χ2v) is 7.91. The molecular weight excluding hydrogens is 454 g/mol. The summed E-state index contributed by atoms with van der Waals surface area (Å²) in [5, 5.41) is 7.12. The van der Waals surface area contributed by atoms with E-state index in [-0.39, 0.29) is 18.4 Å². The summed E-state index contributed by atoms with van der Waals surface area (Å²) < 4.78 is 31.2. The lowest BCUT2D eigenvalue weighted by Gasteiger charge is -2.33. The van der Waals surface area contributed by atoms with Gasteiger partial charge < -0.3 is 15.5 Å². The maximum atomic E-state index is 11.8. The molecule has 1 amide bonds. The monoisotopic (exact) mass is 475 g/mol. The number of rotatable bonds is 4. The van der Waals surface area contributed by atoms with Crippen LogP contribution in [0, 0.1) is 0 Å². The molecule has 2 aromatic carbocycles. The largest absolute Gasteiger partial charge is 0.446 e. The number of nitrogens with zero attached hydrogens (tertiary/aromatic N) is 1. The van der Waals surface area contributed by atoms with Crippen LogP contribution >= 0.6 is 23.2 Å². The van der Waals surface area contributed by atoms with Crippen molar-refractivity contribution in [2.75, 3.05) is 32.5 Å². The van der Waals surface area contributed by atoms with Crippen LogP contribution in [0.5, 0.6) is 0 Å². The van der Waals surface area contributed by atoms with Gasteiger partial charge in [0.05, 0.1) is 6.54 Å². The number of benzene rings is 2. The quantitative estimate of drug-likeness (QED) is 0.640. The molecular formula is C21H22Cl2F3N3O2. The SMILES string of the molecule is CNCC(=O)Nc1cccc(C2CN(C)Cc3c(Cl)cc(Cl)cc32)c1.O=CC(F)(F)F. The first kappa shape index (κ1) is 25.1. The average molecular weight is 476 g/mol. The Hall–Kier alpha value is -2.13. The first-order valence-electron chi connectivity index (χ1n) is 9.28. The summed E-state index contributed by atoms with van der Waals surface area (Å²) in [6, 6.07) is 11.8. The zero-order chi connectivity index (χ0) is 23.2. The fraction of sp³-hybridized carbons (Fsp3) is 0.333. The highest BCUT2D eigenvalue weighted by Crippen LogP contribution is 2.38. The van der Waals surface area contributed by atoms with Crippen molar-refractivity contribution in [2.45, 2.75) is 18.6 Å². The number of carbonyl (C=O) groups excluding carboxylic acids is 2. The number of hydrogen-bond donors (Lipinski definition) is 2. The molecule has 1 atom stereocenters. The molecule has 1 aliphatic heterocycles. The van der Waals surface area contributed by atoms with Gasteiger partial charge in [-0.3, -0.25) is 9.59 Å². The highest BCUT2D eigenvalue weighted by molar-refractivity contribution is 6.35. The zero-order valence-corrected chi connectivity index (χ0v) is 18.4. The van der Waals surface area contributed by atoms with Crippen molar-refractivity contribution < 1.29 is 22.8 Å². The normalized spacial score (nSPS) is 16.0.